The molecule has 0 radical (unpaired) electrons. The molecule has 2 nitrogen and oxygen atoms in total. The molecule has 0 amide bonds. The van der Waals surface area contributed by atoms with E-state index >= 15 is 0 Å². The molecule has 0 aliphatic heterocycles. The fourth-order valence-corrected chi connectivity index (χ4v) is 1.36. The molecule has 1 aliphatic carbocycles. The van der Waals surface area contributed by atoms with Crippen LogP contribution < -0.4 is 0 Å². The molecular weight excluding hydrogens is 164 g/mol. The average Bonchev–Trinajstić information content (AvgIpc) is 2.50. The molecule has 1 unspecified atom stereocenters. The third-order valence-corrected chi connectivity index (χ3v) is 2.35. The van der Waals surface area contributed by atoms with E-state index < -0.39 is 0 Å². The zero-order valence-electron chi connectivity index (χ0n) is 8.14. The Balaban J connectivity index is 2.44. The molecule has 72 valence electrons. The summed E-state index contributed by atoms with van der Waals surface area (Å²) >= 11 is 0. The second kappa shape index (κ2) is 4.26. The van der Waals surface area contributed by atoms with Crippen LogP contribution in [-0.4, -0.2) is 11.9 Å². The lowest BCUT2D eigenvalue weighted by atomic mass is 10.2. The van der Waals surface area contributed by atoms with Gasteiger partial charge in [0.1, 0.15) is 5.76 Å². The summed E-state index contributed by atoms with van der Waals surface area (Å²) in [4.78, 5) is 11.2. The minimum Gasteiger partial charge on any atom is -0.483 e. The fourth-order valence-electron chi connectivity index (χ4n) is 1.36. The molecule has 1 aliphatic rings. The van der Waals surface area contributed by atoms with Crippen LogP contribution in [0.2, 0.25) is 0 Å². The Bertz CT molecular complexity index is 240. The number of ketones is 1. The quantitative estimate of drug-likeness (QED) is 0.491. The van der Waals surface area contributed by atoms with Crippen LogP contribution in [-0.2, 0) is 9.53 Å². The highest BCUT2D eigenvalue weighted by Gasteiger charge is 2.26. The smallest absolute Gasteiger partial charge is 0.173 e. The summed E-state index contributed by atoms with van der Waals surface area (Å²) in [6, 6.07) is 0. The molecule has 1 rings (SSSR count). The molecule has 0 saturated heterocycles. The third kappa shape index (κ3) is 2.44. The second-order valence-electron chi connectivity index (χ2n) is 3.35. The lowest BCUT2D eigenvalue weighted by molar-refractivity contribution is -0.125. The number of carbonyl (C=O) groups is 1. The average molecular weight is 180 g/mol. The van der Waals surface area contributed by atoms with E-state index in [1.165, 1.54) is 0 Å². The summed E-state index contributed by atoms with van der Waals surface area (Å²) < 4.78 is 5.43. The molecule has 1 saturated carbocycles. The van der Waals surface area contributed by atoms with Crippen molar-refractivity contribution in [2.24, 2.45) is 0 Å². The Hall–Kier alpha value is -1.05. The van der Waals surface area contributed by atoms with Gasteiger partial charge in [-0.25, -0.2) is 0 Å². The first-order valence-electron chi connectivity index (χ1n) is 4.71. The maximum Gasteiger partial charge on any atom is 0.173 e. The van der Waals surface area contributed by atoms with Gasteiger partial charge in [-0.05, 0) is 24.8 Å². The Kier molecular flexibility index (Phi) is 3.29. The van der Waals surface area contributed by atoms with Crippen molar-refractivity contribution >= 4 is 5.78 Å². The highest BCUT2D eigenvalue weighted by atomic mass is 16.5. The Labute approximate surface area is 79.3 Å². The Morgan fingerprint density at radius 2 is 2.31 bits per heavy atom. The van der Waals surface area contributed by atoms with Crippen molar-refractivity contribution in [1.29, 1.82) is 0 Å². The van der Waals surface area contributed by atoms with Gasteiger partial charge in [-0.15, -0.1) is 0 Å². The van der Waals surface area contributed by atoms with Gasteiger partial charge in [0.25, 0.3) is 0 Å². The lowest BCUT2D eigenvalue weighted by Gasteiger charge is -2.14. The third-order valence-electron chi connectivity index (χ3n) is 2.35. The minimum atomic E-state index is -0.254. The van der Waals surface area contributed by atoms with Crippen molar-refractivity contribution in [3.63, 3.8) is 0 Å². The highest BCUT2D eigenvalue weighted by molar-refractivity contribution is 5.85. The molecule has 0 aromatic rings. The molecule has 13 heavy (non-hydrogen) atoms. The predicted molar refractivity (Wildman–Crippen MR) is 52.3 cm³/mol. The Morgan fingerprint density at radius 3 is 2.77 bits per heavy atom. The van der Waals surface area contributed by atoms with Crippen LogP contribution in [0.25, 0.3) is 0 Å². The van der Waals surface area contributed by atoms with E-state index in [-0.39, 0.29) is 11.9 Å². The number of hydrogen-bond donors (Lipinski definition) is 0. The normalized spacial score (nSPS) is 21.6. The number of hydrogen-bond acceptors (Lipinski definition) is 2. The van der Waals surface area contributed by atoms with Crippen LogP contribution in [0.3, 0.4) is 0 Å². The first kappa shape index (κ1) is 10.0. The molecule has 1 fully saturated rings. The zero-order valence-corrected chi connectivity index (χ0v) is 8.14. The van der Waals surface area contributed by atoms with Gasteiger partial charge in [0.05, 0.1) is 0 Å². The molecular formula is C11H16O2. The van der Waals surface area contributed by atoms with Crippen molar-refractivity contribution in [3.05, 3.63) is 24.5 Å². The summed E-state index contributed by atoms with van der Waals surface area (Å²) in [5.74, 6) is 0.771. The number of Topliss-reactive ketones (excluding diaryl/α,β-unsaturated/α-hetero) is 1. The number of carbonyl (C=O) groups excluding carboxylic acids is 1. The largest absolute Gasteiger partial charge is 0.483 e. The fraction of sp³-hybridized carbons (Fsp3) is 0.545. The van der Waals surface area contributed by atoms with Crippen molar-refractivity contribution in [1.82, 2.24) is 0 Å². The molecule has 0 aromatic heterocycles. The number of ether oxygens (including phenoxy) is 1. The summed E-state index contributed by atoms with van der Waals surface area (Å²) in [5.41, 5.74) is 0.875. The monoisotopic (exact) mass is 180 g/mol. The standard InChI is InChI=1S/C11H16O2/c1-4-8(2)9(3)13-11-7-5-6-10(11)12/h11H,2-7H2,1H3. The molecule has 0 N–H and O–H groups in total. The summed E-state index contributed by atoms with van der Waals surface area (Å²) in [5, 5.41) is 0. The highest BCUT2D eigenvalue weighted by Crippen LogP contribution is 2.22. The van der Waals surface area contributed by atoms with E-state index in [2.05, 4.69) is 13.2 Å². The van der Waals surface area contributed by atoms with Gasteiger partial charge in [-0.1, -0.05) is 20.1 Å². The second-order valence-corrected chi connectivity index (χ2v) is 3.35. The van der Waals surface area contributed by atoms with E-state index in [0.717, 1.165) is 24.8 Å². The number of rotatable bonds is 4. The van der Waals surface area contributed by atoms with Gasteiger partial charge < -0.3 is 4.74 Å². The van der Waals surface area contributed by atoms with E-state index in [4.69, 9.17) is 4.74 Å². The van der Waals surface area contributed by atoms with E-state index in [0.29, 0.717) is 12.2 Å². The maximum atomic E-state index is 11.2. The minimum absolute atomic E-state index is 0.199. The van der Waals surface area contributed by atoms with Gasteiger partial charge in [-0.3, -0.25) is 4.79 Å². The van der Waals surface area contributed by atoms with Crippen LogP contribution in [0.1, 0.15) is 32.6 Å². The molecule has 2 heteroatoms. The maximum absolute atomic E-state index is 11.2. The van der Waals surface area contributed by atoms with Crippen LogP contribution in [0, 0.1) is 0 Å². The topological polar surface area (TPSA) is 26.3 Å². The van der Waals surface area contributed by atoms with Crippen molar-refractivity contribution in [2.45, 2.75) is 38.7 Å². The van der Waals surface area contributed by atoms with Gasteiger partial charge in [0.15, 0.2) is 11.9 Å². The summed E-state index contributed by atoms with van der Waals surface area (Å²) in [7, 11) is 0. The van der Waals surface area contributed by atoms with Crippen molar-refractivity contribution < 1.29 is 9.53 Å². The van der Waals surface area contributed by atoms with Gasteiger partial charge in [0.2, 0.25) is 0 Å². The molecule has 0 bridgehead atoms. The SMILES string of the molecule is C=C(CC)C(=C)OC1CCCC1=O. The molecule has 0 aromatic carbocycles. The first-order chi connectivity index (χ1) is 6.15. The molecule has 1 atom stereocenters. The van der Waals surface area contributed by atoms with Crippen LogP contribution >= 0.6 is 0 Å². The van der Waals surface area contributed by atoms with Gasteiger partial charge in [-0.2, -0.15) is 0 Å². The first-order valence-corrected chi connectivity index (χ1v) is 4.71. The van der Waals surface area contributed by atoms with Gasteiger partial charge >= 0.3 is 0 Å². The molecule has 0 heterocycles. The Morgan fingerprint density at radius 1 is 1.62 bits per heavy atom. The molecule has 0 spiro atoms. The van der Waals surface area contributed by atoms with E-state index in [1.54, 1.807) is 0 Å². The van der Waals surface area contributed by atoms with Crippen LogP contribution in [0.4, 0.5) is 0 Å². The van der Waals surface area contributed by atoms with Crippen molar-refractivity contribution in [3.8, 4) is 0 Å². The lowest BCUT2D eigenvalue weighted by Crippen LogP contribution is -2.17. The summed E-state index contributed by atoms with van der Waals surface area (Å²) in [6.45, 7) is 9.55. The van der Waals surface area contributed by atoms with E-state index in [9.17, 15) is 4.79 Å². The predicted octanol–water partition coefficient (Wildman–Crippen LogP) is 2.60. The van der Waals surface area contributed by atoms with Gasteiger partial charge in [0, 0.05) is 6.42 Å². The summed E-state index contributed by atoms with van der Waals surface area (Å²) in [6.07, 6.45) is 2.98. The van der Waals surface area contributed by atoms with Crippen LogP contribution in [0.5, 0.6) is 0 Å². The van der Waals surface area contributed by atoms with Crippen LogP contribution in [0.15, 0.2) is 24.5 Å². The number of allylic oxidation sites excluding steroid dienone is 1. The zero-order chi connectivity index (χ0) is 9.84. The van der Waals surface area contributed by atoms with Crippen molar-refractivity contribution in [2.75, 3.05) is 0 Å². The van der Waals surface area contributed by atoms with E-state index in [1.807, 2.05) is 6.92 Å².